The molecule has 5 nitrogen and oxygen atoms in total. The van der Waals surface area contributed by atoms with E-state index in [1.54, 1.807) is 11.5 Å². The molecule has 1 amide bonds. The Labute approximate surface area is 147 Å². The number of carbonyl (C=O) groups is 2. The number of likely N-dealkylation sites (N-methyl/N-ethyl adjacent to an activating group) is 1. The van der Waals surface area contributed by atoms with Gasteiger partial charge in [0.2, 0.25) is 11.8 Å². The van der Waals surface area contributed by atoms with Gasteiger partial charge in [0.05, 0.1) is 11.4 Å². The van der Waals surface area contributed by atoms with Crippen LogP contribution in [-0.4, -0.2) is 47.5 Å². The molecule has 0 spiro atoms. The van der Waals surface area contributed by atoms with Crippen molar-refractivity contribution in [1.82, 2.24) is 14.8 Å². The minimum Gasteiger partial charge on any atom is -0.356 e. The first-order valence-electron chi connectivity index (χ1n) is 8.85. The van der Waals surface area contributed by atoms with Gasteiger partial charge in [-0.05, 0) is 43.2 Å². The molecule has 2 unspecified atom stereocenters. The number of hydrogen-bond donors (Lipinski definition) is 1. The summed E-state index contributed by atoms with van der Waals surface area (Å²) in [6, 6.07) is 6.37. The number of nitrogens with one attached hydrogen (secondary N) is 1. The number of amides is 1. The molecule has 0 bridgehead atoms. The van der Waals surface area contributed by atoms with Gasteiger partial charge < -0.3 is 5.32 Å². The average molecular weight is 337 g/mol. The Morgan fingerprint density at radius 1 is 1.32 bits per heavy atom. The fourth-order valence-electron chi connectivity index (χ4n) is 4.29. The maximum Gasteiger partial charge on any atom is 0.228 e. The van der Waals surface area contributed by atoms with E-state index >= 15 is 0 Å². The third kappa shape index (κ3) is 2.42. The normalized spacial score (nSPS) is 22.4. The Hall–Kier alpha value is -2.40. The van der Waals surface area contributed by atoms with Gasteiger partial charge in [-0.15, -0.1) is 0 Å². The molecule has 0 fully saturated rings. The SMILES string of the molecule is CCNC(=O)C1C=C2c3cccc4c3c(cn4C(C)=O)CC2N(C)C1. The first kappa shape index (κ1) is 16.1. The molecule has 25 heavy (non-hydrogen) atoms. The predicted octanol–water partition coefficient (Wildman–Crippen LogP) is 2.31. The summed E-state index contributed by atoms with van der Waals surface area (Å²) in [5, 5.41) is 4.09. The Balaban J connectivity index is 1.88. The van der Waals surface area contributed by atoms with Crippen molar-refractivity contribution in [3.63, 3.8) is 0 Å². The van der Waals surface area contributed by atoms with Crippen molar-refractivity contribution in [2.45, 2.75) is 26.3 Å². The molecule has 130 valence electrons. The van der Waals surface area contributed by atoms with E-state index in [-0.39, 0.29) is 23.8 Å². The number of carbonyl (C=O) groups excluding carboxylic acids is 2. The molecule has 1 aliphatic heterocycles. The second-order valence-corrected chi connectivity index (χ2v) is 7.03. The third-order valence-corrected chi connectivity index (χ3v) is 5.42. The van der Waals surface area contributed by atoms with Crippen molar-refractivity contribution in [2.24, 2.45) is 5.92 Å². The molecule has 1 N–H and O–H groups in total. The average Bonchev–Trinajstić information content (AvgIpc) is 2.96. The molecule has 0 saturated carbocycles. The topological polar surface area (TPSA) is 54.3 Å². The van der Waals surface area contributed by atoms with Crippen LogP contribution in [0.1, 0.15) is 29.8 Å². The van der Waals surface area contributed by atoms with Gasteiger partial charge in [-0.2, -0.15) is 0 Å². The number of benzene rings is 1. The molecular weight excluding hydrogens is 314 g/mol. The summed E-state index contributed by atoms with van der Waals surface area (Å²) in [7, 11) is 2.08. The van der Waals surface area contributed by atoms with E-state index in [9.17, 15) is 9.59 Å². The van der Waals surface area contributed by atoms with Crippen LogP contribution in [0.25, 0.3) is 16.5 Å². The summed E-state index contributed by atoms with van der Waals surface area (Å²) in [5.41, 5.74) is 4.54. The fourth-order valence-corrected chi connectivity index (χ4v) is 4.29. The van der Waals surface area contributed by atoms with E-state index in [4.69, 9.17) is 0 Å². The second-order valence-electron chi connectivity index (χ2n) is 7.03. The van der Waals surface area contributed by atoms with Crippen molar-refractivity contribution in [3.8, 4) is 0 Å². The quantitative estimate of drug-likeness (QED) is 0.915. The van der Waals surface area contributed by atoms with Gasteiger partial charge in [0.25, 0.3) is 0 Å². The number of fused-ring (bicyclic) bond motifs is 2. The van der Waals surface area contributed by atoms with Crippen LogP contribution in [0.3, 0.4) is 0 Å². The van der Waals surface area contributed by atoms with Gasteiger partial charge in [0.15, 0.2) is 0 Å². The van der Waals surface area contributed by atoms with Crippen LogP contribution in [-0.2, 0) is 11.2 Å². The largest absolute Gasteiger partial charge is 0.356 e. The molecule has 5 heteroatoms. The van der Waals surface area contributed by atoms with Gasteiger partial charge in [-0.1, -0.05) is 18.2 Å². The highest BCUT2D eigenvalue weighted by Crippen LogP contribution is 2.41. The van der Waals surface area contributed by atoms with Crippen molar-refractivity contribution in [1.29, 1.82) is 0 Å². The molecule has 1 aliphatic carbocycles. The molecule has 2 aliphatic rings. The van der Waals surface area contributed by atoms with Crippen LogP contribution in [0.2, 0.25) is 0 Å². The lowest BCUT2D eigenvalue weighted by Gasteiger charge is -2.39. The lowest BCUT2D eigenvalue weighted by Crippen LogP contribution is -2.46. The minimum atomic E-state index is -0.136. The number of nitrogens with zero attached hydrogens (tertiary/aromatic N) is 2. The molecule has 1 aromatic heterocycles. The first-order chi connectivity index (χ1) is 12.0. The highest BCUT2D eigenvalue weighted by molar-refractivity contribution is 6.03. The monoisotopic (exact) mass is 337 g/mol. The fraction of sp³-hybridized carbons (Fsp3) is 0.400. The van der Waals surface area contributed by atoms with Crippen LogP contribution in [0.5, 0.6) is 0 Å². The maximum absolute atomic E-state index is 12.4. The molecule has 2 heterocycles. The Bertz CT molecular complexity index is 909. The van der Waals surface area contributed by atoms with Crippen LogP contribution in [0, 0.1) is 5.92 Å². The van der Waals surface area contributed by atoms with E-state index in [2.05, 4.69) is 29.4 Å². The lowest BCUT2D eigenvalue weighted by atomic mass is 9.80. The number of hydrogen-bond acceptors (Lipinski definition) is 3. The van der Waals surface area contributed by atoms with Crippen LogP contribution >= 0.6 is 0 Å². The molecule has 2 aromatic rings. The number of rotatable bonds is 2. The summed E-state index contributed by atoms with van der Waals surface area (Å²) in [6.45, 7) is 4.90. The molecular formula is C20H23N3O2. The molecule has 0 radical (unpaired) electrons. The van der Waals surface area contributed by atoms with E-state index in [1.165, 1.54) is 11.1 Å². The third-order valence-electron chi connectivity index (χ3n) is 5.42. The Kier molecular flexibility index (Phi) is 3.76. The molecule has 0 saturated heterocycles. The molecule has 4 rings (SSSR count). The van der Waals surface area contributed by atoms with Gasteiger partial charge >= 0.3 is 0 Å². The Morgan fingerprint density at radius 2 is 2.12 bits per heavy atom. The zero-order valence-corrected chi connectivity index (χ0v) is 14.9. The summed E-state index contributed by atoms with van der Waals surface area (Å²) in [5.74, 6) is -0.0247. The summed E-state index contributed by atoms with van der Waals surface area (Å²) in [6.07, 6.45) is 4.99. The predicted molar refractivity (Wildman–Crippen MR) is 98.5 cm³/mol. The molecule has 1 aromatic carbocycles. The molecule has 2 atom stereocenters. The van der Waals surface area contributed by atoms with Crippen LogP contribution in [0.15, 0.2) is 30.5 Å². The van der Waals surface area contributed by atoms with Crippen molar-refractivity contribution in [3.05, 3.63) is 41.6 Å². The van der Waals surface area contributed by atoms with Crippen LogP contribution < -0.4 is 5.32 Å². The van der Waals surface area contributed by atoms with E-state index in [0.29, 0.717) is 6.54 Å². The lowest BCUT2D eigenvalue weighted by molar-refractivity contribution is -0.124. The first-order valence-corrected chi connectivity index (χ1v) is 8.85. The van der Waals surface area contributed by atoms with E-state index in [0.717, 1.165) is 29.4 Å². The van der Waals surface area contributed by atoms with E-state index < -0.39 is 0 Å². The maximum atomic E-state index is 12.4. The smallest absolute Gasteiger partial charge is 0.228 e. The van der Waals surface area contributed by atoms with Gasteiger partial charge in [-0.3, -0.25) is 19.1 Å². The van der Waals surface area contributed by atoms with Crippen LogP contribution in [0.4, 0.5) is 0 Å². The standard InChI is InChI=1S/C20H23N3O2/c1-4-21-20(25)14-8-16-15-6-5-7-17-19(15)13(11-23(17)12(2)24)9-18(16)22(3)10-14/h5-8,11,14,18H,4,9-10H2,1-3H3,(H,21,25). The number of aromatic nitrogens is 1. The van der Waals surface area contributed by atoms with Crippen molar-refractivity contribution in [2.75, 3.05) is 20.1 Å². The van der Waals surface area contributed by atoms with E-state index in [1.807, 2.05) is 25.3 Å². The van der Waals surface area contributed by atoms with Gasteiger partial charge in [0, 0.05) is 37.6 Å². The van der Waals surface area contributed by atoms with Crippen molar-refractivity contribution < 1.29 is 9.59 Å². The summed E-state index contributed by atoms with van der Waals surface area (Å²) < 4.78 is 1.74. The zero-order valence-electron chi connectivity index (χ0n) is 14.9. The van der Waals surface area contributed by atoms with Gasteiger partial charge in [-0.25, -0.2) is 0 Å². The van der Waals surface area contributed by atoms with Gasteiger partial charge in [0.1, 0.15) is 0 Å². The van der Waals surface area contributed by atoms with Crippen molar-refractivity contribution >= 4 is 28.3 Å². The minimum absolute atomic E-state index is 0.0285. The second kappa shape index (κ2) is 5.85. The zero-order chi connectivity index (χ0) is 17.7. The Morgan fingerprint density at radius 3 is 2.84 bits per heavy atom. The summed E-state index contributed by atoms with van der Waals surface area (Å²) in [4.78, 5) is 26.6. The highest BCUT2D eigenvalue weighted by Gasteiger charge is 2.36. The highest BCUT2D eigenvalue weighted by atomic mass is 16.2. The summed E-state index contributed by atoms with van der Waals surface area (Å²) >= 11 is 0.